The highest BCUT2D eigenvalue weighted by molar-refractivity contribution is 6.78. The molecule has 0 aliphatic carbocycles. The van der Waals surface area contributed by atoms with Gasteiger partial charge in [-0.1, -0.05) is 0 Å². The smallest absolute Gasteiger partial charge is 0.403 e. The third kappa shape index (κ3) is 6.01. The fourth-order valence-corrected chi connectivity index (χ4v) is 7.00. The van der Waals surface area contributed by atoms with E-state index in [1.54, 1.807) is 0 Å². The molecule has 0 saturated carbocycles. The summed E-state index contributed by atoms with van der Waals surface area (Å²) in [5.41, 5.74) is -0.667. The molecule has 1 rings (SSSR count). The van der Waals surface area contributed by atoms with Crippen molar-refractivity contribution in [3.63, 3.8) is 0 Å². The fraction of sp³-hybridized carbons (Fsp3) is 1.00. The van der Waals surface area contributed by atoms with Crippen LogP contribution in [0.1, 0.15) is 61.8 Å². The van der Waals surface area contributed by atoms with E-state index in [1.807, 2.05) is 0 Å². The first-order chi connectivity index (χ1) is 10.4. The number of halogens is 1. The fourth-order valence-electron chi connectivity index (χ4n) is 2.84. The van der Waals surface area contributed by atoms with Crippen LogP contribution in [0.4, 0.5) is 0 Å². The summed E-state index contributed by atoms with van der Waals surface area (Å²) in [5.74, 6) is 1.29. The zero-order chi connectivity index (χ0) is 17.9. The summed E-state index contributed by atoms with van der Waals surface area (Å²) in [5, 5.41) is 0. The Hall–Kier alpha value is 0.412. The van der Waals surface area contributed by atoms with Gasteiger partial charge in [-0.3, -0.25) is 0 Å². The number of alkyl halides is 1. The molecule has 23 heavy (non-hydrogen) atoms. The maximum atomic E-state index is 6.35. The molecule has 0 unspecified atom stereocenters. The molecule has 0 atom stereocenters. The molecule has 7 heteroatoms. The summed E-state index contributed by atoms with van der Waals surface area (Å²) in [6.07, 6.45) is 1.10. The second kappa shape index (κ2) is 8.19. The summed E-state index contributed by atoms with van der Waals surface area (Å²) in [6, 6.07) is 0.858. The largest absolute Gasteiger partial charge is 0.459 e. The van der Waals surface area contributed by atoms with Gasteiger partial charge in [-0.2, -0.15) is 0 Å². The maximum absolute atomic E-state index is 6.35. The number of rotatable bonds is 9. The number of hydrogen-bond acceptors (Lipinski definition) is 4. The van der Waals surface area contributed by atoms with Gasteiger partial charge in [0.2, 0.25) is 0 Å². The van der Waals surface area contributed by atoms with Gasteiger partial charge in [0.15, 0.2) is 0 Å². The van der Waals surface area contributed by atoms with Crippen LogP contribution in [-0.4, -0.2) is 45.0 Å². The van der Waals surface area contributed by atoms with Crippen molar-refractivity contribution in [3.05, 3.63) is 0 Å². The monoisotopic (exact) mass is 364 g/mol. The Morgan fingerprint density at radius 3 is 1.74 bits per heavy atom. The molecule has 1 saturated heterocycles. The Bertz CT molecular complexity index is 351. The second-order valence-electron chi connectivity index (χ2n) is 7.93. The van der Waals surface area contributed by atoms with E-state index in [-0.39, 0.29) is 30.5 Å². The van der Waals surface area contributed by atoms with Crippen LogP contribution < -0.4 is 0 Å². The van der Waals surface area contributed by atoms with Crippen LogP contribution in [-0.2, 0) is 18.2 Å². The Balaban J connectivity index is 2.94. The van der Waals surface area contributed by atoms with Crippen molar-refractivity contribution in [3.8, 4) is 0 Å². The predicted molar refractivity (Wildman–Crippen MR) is 99.2 cm³/mol. The Labute approximate surface area is 148 Å². The predicted octanol–water partition coefficient (Wildman–Crippen LogP) is 4.54. The molecule has 0 amide bonds. The van der Waals surface area contributed by atoms with Gasteiger partial charge in [0.25, 0.3) is 0 Å². The van der Waals surface area contributed by atoms with E-state index in [1.165, 1.54) is 0 Å². The van der Waals surface area contributed by atoms with Crippen LogP contribution in [0, 0.1) is 0 Å². The van der Waals surface area contributed by atoms with Crippen LogP contribution in [0.5, 0.6) is 0 Å². The quantitative estimate of drug-likeness (QED) is 0.444. The summed E-state index contributed by atoms with van der Waals surface area (Å²) in [7, 11) is -2.76. The van der Waals surface area contributed by atoms with Crippen LogP contribution in [0.2, 0.25) is 12.0 Å². The average molecular weight is 365 g/mol. The van der Waals surface area contributed by atoms with E-state index in [9.17, 15) is 0 Å². The topological polar surface area (TPSA) is 36.9 Å². The zero-order valence-corrected chi connectivity index (χ0v) is 17.8. The highest BCUT2D eigenvalue weighted by atomic mass is 35.5. The van der Waals surface area contributed by atoms with Gasteiger partial charge in [-0.15, -0.1) is 11.6 Å². The molecule has 0 radical (unpaired) electrons. The molecular weight excluding hydrogens is 331 g/mol. The van der Waals surface area contributed by atoms with Gasteiger partial charge >= 0.3 is 15.7 Å². The van der Waals surface area contributed by atoms with Crippen molar-refractivity contribution >= 4 is 27.3 Å². The highest BCUT2D eigenvalue weighted by Crippen LogP contribution is 2.40. The van der Waals surface area contributed by atoms with Crippen LogP contribution in [0.15, 0.2) is 0 Å². The Kier molecular flexibility index (Phi) is 7.64. The van der Waals surface area contributed by atoms with E-state index in [0.717, 1.165) is 12.5 Å². The Morgan fingerprint density at radius 1 is 0.957 bits per heavy atom. The molecule has 0 N–H and O–H groups in total. The summed E-state index contributed by atoms with van der Waals surface area (Å²) in [4.78, 5) is 0. The van der Waals surface area contributed by atoms with Crippen molar-refractivity contribution in [1.82, 2.24) is 0 Å². The van der Waals surface area contributed by atoms with Crippen molar-refractivity contribution in [1.29, 1.82) is 0 Å². The zero-order valence-electron chi connectivity index (χ0n) is 16.1. The molecule has 0 bridgehead atoms. The molecule has 1 fully saturated rings. The van der Waals surface area contributed by atoms with E-state index in [0.29, 0.717) is 11.8 Å². The third-order valence-corrected chi connectivity index (χ3v) is 8.51. The van der Waals surface area contributed by atoms with Crippen molar-refractivity contribution in [2.45, 2.75) is 97.2 Å². The van der Waals surface area contributed by atoms with E-state index >= 15 is 0 Å². The molecule has 1 heterocycles. The first-order valence-electron chi connectivity index (χ1n) is 8.70. The maximum Gasteiger partial charge on any atom is 0.459 e. The van der Waals surface area contributed by atoms with Crippen LogP contribution in [0.25, 0.3) is 0 Å². The molecule has 0 aromatic heterocycles. The normalized spacial score (nSPS) is 20.7. The highest BCUT2D eigenvalue weighted by Gasteiger charge is 2.55. The van der Waals surface area contributed by atoms with Gasteiger partial charge in [-0.05, 0) is 67.9 Å². The standard InChI is InChI=1S/C16H34BClO4Si/c1-13(2)19-23(11-9-10-18,20-14(3)4)12-17-21-15(5,6)16(7,8)22-17/h13-14H,9-12H2,1-8H3. The Morgan fingerprint density at radius 2 is 1.39 bits per heavy atom. The van der Waals surface area contributed by atoms with Gasteiger partial charge in [0.05, 0.1) is 11.2 Å². The first kappa shape index (κ1) is 21.5. The molecule has 1 aliphatic rings. The lowest BCUT2D eigenvalue weighted by atomic mass is 9.90. The molecule has 0 spiro atoms. The minimum absolute atomic E-state index is 0.109. The van der Waals surface area contributed by atoms with E-state index in [4.69, 9.17) is 29.8 Å². The lowest BCUT2D eigenvalue weighted by Gasteiger charge is -2.35. The third-order valence-electron chi connectivity index (χ3n) is 4.37. The summed E-state index contributed by atoms with van der Waals surface area (Å²) in [6.45, 7) is 16.5. The van der Waals surface area contributed by atoms with Crippen LogP contribution in [0.3, 0.4) is 0 Å². The van der Waals surface area contributed by atoms with Gasteiger partial charge in [0, 0.05) is 24.0 Å². The minimum Gasteiger partial charge on any atom is -0.403 e. The summed E-state index contributed by atoms with van der Waals surface area (Å²) >= 11 is 5.94. The minimum atomic E-state index is -2.47. The van der Waals surface area contributed by atoms with Gasteiger partial charge < -0.3 is 18.2 Å². The molecule has 136 valence electrons. The molecule has 1 aliphatic heterocycles. The average Bonchev–Trinajstić information content (AvgIpc) is 2.52. The second-order valence-corrected chi connectivity index (χ2v) is 11.5. The van der Waals surface area contributed by atoms with Crippen molar-refractivity contribution in [2.75, 3.05) is 5.88 Å². The summed E-state index contributed by atoms with van der Waals surface area (Å²) < 4.78 is 25.1. The molecule has 4 nitrogen and oxygen atoms in total. The van der Waals surface area contributed by atoms with Crippen molar-refractivity contribution < 1.29 is 18.2 Å². The lowest BCUT2D eigenvalue weighted by Crippen LogP contribution is -2.50. The SMILES string of the molecule is CC(C)O[Si](CCCCl)(CB1OC(C)(C)C(C)(C)O1)OC(C)C. The number of hydrogen-bond donors (Lipinski definition) is 0. The lowest BCUT2D eigenvalue weighted by molar-refractivity contribution is 0.00578. The van der Waals surface area contributed by atoms with Crippen LogP contribution >= 0.6 is 11.6 Å². The van der Waals surface area contributed by atoms with Crippen molar-refractivity contribution in [2.24, 2.45) is 0 Å². The van der Waals surface area contributed by atoms with E-state index in [2.05, 4.69) is 55.4 Å². The van der Waals surface area contributed by atoms with E-state index < -0.39 is 8.56 Å². The molecule has 0 aromatic rings. The van der Waals surface area contributed by atoms with Gasteiger partial charge in [0.1, 0.15) is 0 Å². The first-order valence-corrected chi connectivity index (χ1v) is 11.5. The van der Waals surface area contributed by atoms with Gasteiger partial charge in [-0.25, -0.2) is 0 Å². The molecule has 0 aromatic carbocycles. The molecular formula is C16H34BClO4Si.